The van der Waals surface area contributed by atoms with Gasteiger partial charge in [0.1, 0.15) is 4.21 Å². The first-order valence-electron chi connectivity index (χ1n) is 7.72. The SMILES string of the molecule is CSc1ccc(C(=O)Nc2ncc(S(=O)(=O)c3ccc([N+](=O)[O-])cc3)s2)cc1. The van der Waals surface area contributed by atoms with Crippen molar-refractivity contribution in [2.75, 3.05) is 11.6 Å². The van der Waals surface area contributed by atoms with Crippen LogP contribution in [0, 0.1) is 10.1 Å². The van der Waals surface area contributed by atoms with Crippen LogP contribution in [0.4, 0.5) is 10.8 Å². The molecule has 0 radical (unpaired) electrons. The molecule has 1 N–H and O–H groups in total. The van der Waals surface area contributed by atoms with E-state index in [0.29, 0.717) is 5.56 Å². The quantitative estimate of drug-likeness (QED) is 0.355. The van der Waals surface area contributed by atoms with Gasteiger partial charge in [-0.1, -0.05) is 11.3 Å². The Bertz CT molecular complexity index is 1120. The summed E-state index contributed by atoms with van der Waals surface area (Å²) < 4.78 is 25.2. The number of aromatic nitrogens is 1. The van der Waals surface area contributed by atoms with Gasteiger partial charge in [0, 0.05) is 22.6 Å². The Morgan fingerprint density at radius 3 is 2.36 bits per heavy atom. The van der Waals surface area contributed by atoms with Crippen LogP contribution in [0.1, 0.15) is 10.4 Å². The van der Waals surface area contributed by atoms with Crippen molar-refractivity contribution in [3.8, 4) is 0 Å². The number of nitro benzene ring substituents is 1. The molecule has 8 nitrogen and oxygen atoms in total. The number of rotatable bonds is 6. The minimum Gasteiger partial charge on any atom is -0.298 e. The third-order valence-electron chi connectivity index (χ3n) is 3.68. The van der Waals surface area contributed by atoms with Gasteiger partial charge in [0.2, 0.25) is 9.84 Å². The van der Waals surface area contributed by atoms with Gasteiger partial charge in [-0.3, -0.25) is 20.2 Å². The number of carbonyl (C=O) groups excluding carboxylic acids is 1. The average molecular weight is 436 g/mol. The molecule has 0 aliphatic heterocycles. The Morgan fingerprint density at radius 2 is 1.79 bits per heavy atom. The van der Waals surface area contributed by atoms with E-state index in [1.165, 1.54) is 12.1 Å². The van der Waals surface area contributed by atoms with Crippen molar-refractivity contribution < 1.29 is 18.1 Å². The Kier molecular flexibility index (Phi) is 5.77. The maximum absolute atomic E-state index is 12.6. The number of benzene rings is 2. The fourth-order valence-electron chi connectivity index (χ4n) is 2.22. The van der Waals surface area contributed by atoms with Crippen LogP contribution in [0.25, 0.3) is 0 Å². The van der Waals surface area contributed by atoms with E-state index in [-0.39, 0.29) is 19.9 Å². The second-order valence-electron chi connectivity index (χ2n) is 5.42. The number of thioether (sulfide) groups is 1. The van der Waals surface area contributed by atoms with Crippen molar-refractivity contribution in [1.29, 1.82) is 0 Å². The Hall–Kier alpha value is -2.76. The number of nitro groups is 1. The summed E-state index contributed by atoms with van der Waals surface area (Å²) >= 11 is 2.36. The number of non-ortho nitro benzene ring substituents is 1. The molecule has 0 aliphatic carbocycles. The Labute approximate surface area is 168 Å². The molecule has 1 aromatic heterocycles. The van der Waals surface area contributed by atoms with Crippen LogP contribution in [0.5, 0.6) is 0 Å². The minimum absolute atomic E-state index is 0.0746. The lowest BCUT2D eigenvalue weighted by Gasteiger charge is -2.03. The molecule has 11 heteroatoms. The summed E-state index contributed by atoms with van der Waals surface area (Å²) in [6.45, 7) is 0. The molecule has 1 heterocycles. The summed E-state index contributed by atoms with van der Waals surface area (Å²) in [4.78, 5) is 27.2. The summed E-state index contributed by atoms with van der Waals surface area (Å²) in [7, 11) is -3.89. The number of amides is 1. The molecule has 3 rings (SSSR count). The van der Waals surface area contributed by atoms with Crippen molar-refractivity contribution in [2.24, 2.45) is 0 Å². The summed E-state index contributed by atoms with van der Waals surface area (Å²) in [6.07, 6.45) is 3.07. The molecule has 0 saturated carbocycles. The number of anilines is 1. The first-order chi connectivity index (χ1) is 13.3. The van der Waals surface area contributed by atoms with Crippen LogP contribution in [-0.4, -0.2) is 30.5 Å². The van der Waals surface area contributed by atoms with Crippen molar-refractivity contribution >= 4 is 49.7 Å². The summed E-state index contributed by atoms with van der Waals surface area (Å²) in [5, 5.41) is 13.4. The van der Waals surface area contributed by atoms with Crippen LogP contribution in [0.3, 0.4) is 0 Å². The van der Waals surface area contributed by atoms with Crippen molar-refractivity contribution in [2.45, 2.75) is 14.0 Å². The zero-order valence-electron chi connectivity index (χ0n) is 14.4. The lowest BCUT2D eigenvalue weighted by atomic mass is 10.2. The van der Waals surface area contributed by atoms with E-state index in [9.17, 15) is 23.3 Å². The second kappa shape index (κ2) is 8.09. The molecular formula is C17H13N3O5S3. The van der Waals surface area contributed by atoms with E-state index >= 15 is 0 Å². The molecule has 144 valence electrons. The highest BCUT2D eigenvalue weighted by molar-refractivity contribution is 7.98. The van der Waals surface area contributed by atoms with Gasteiger partial charge in [-0.05, 0) is 42.7 Å². The van der Waals surface area contributed by atoms with E-state index < -0.39 is 20.7 Å². The van der Waals surface area contributed by atoms with Gasteiger partial charge in [0.25, 0.3) is 11.6 Å². The van der Waals surface area contributed by atoms with Crippen molar-refractivity contribution in [3.63, 3.8) is 0 Å². The second-order valence-corrected chi connectivity index (χ2v) is 9.51. The predicted molar refractivity (Wildman–Crippen MR) is 107 cm³/mol. The number of hydrogen-bond acceptors (Lipinski definition) is 8. The molecule has 0 saturated heterocycles. The summed E-state index contributed by atoms with van der Waals surface area (Å²) in [6, 6.07) is 11.5. The van der Waals surface area contributed by atoms with Gasteiger partial charge in [-0.15, -0.1) is 11.8 Å². The van der Waals surface area contributed by atoms with E-state index in [1.807, 2.05) is 18.4 Å². The summed E-state index contributed by atoms with van der Waals surface area (Å²) in [5.74, 6) is -0.402. The third kappa shape index (κ3) is 4.21. The molecule has 0 fully saturated rings. The van der Waals surface area contributed by atoms with Crippen LogP contribution < -0.4 is 5.32 Å². The predicted octanol–water partition coefficient (Wildman–Crippen LogP) is 3.86. The Morgan fingerprint density at radius 1 is 1.14 bits per heavy atom. The van der Waals surface area contributed by atoms with Crippen LogP contribution in [-0.2, 0) is 9.84 Å². The molecule has 3 aromatic rings. The molecule has 0 atom stereocenters. The van der Waals surface area contributed by atoms with Gasteiger partial charge >= 0.3 is 0 Å². The lowest BCUT2D eigenvalue weighted by molar-refractivity contribution is -0.384. The van der Waals surface area contributed by atoms with E-state index in [0.717, 1.165) is 34.6 Å². The first-order valence-corrected chi connectivity index (χ1v) is 11.2. The highest BCUT2D eigenvalue weighted by atomic mass is 32.2. The van der Waals surface area contributed by atoms with E-state index in [2.05, 4.69) is 10.3 Å². The largest absolute Gasteiger partial charge is 0.298 e. The van der Waals surface area contributed by atoms with Crippen molar-refractivity contribution in [3.05, 3.63) is 70.4 Å². The topological polar surface area (TPSA) is 119 Å². The molecule has 0 spiro atoms. The number of hydrogen-bond donors (Lipinski definition) is 1. The van der Waals surface area contributed by atoms with Crippen LogP contribution >= 0.6 is 23.1 Å². The summed E-state index contributed by atoms with van der Waals surface area (Å²) in [5.41, 5.74) is 0.219. The normalized spacial score (nSPS) is 11.2. The maximum atomic E-state index is 12.6. The Balaban J connectivity index is 1.78. The molecule has 0 aliphatic rings. The minimum atomic E-state index is -3.89. The highest BCUT2D eigenvalue weighted by Gasteiger charge is 2.22. The third-order valence-corrected chi connectivity index (χ3v) is 7.57. The van der Waals surface area contributed by atoms with E-state index in [1.54, 1.807) is 23.9 Å². The molecule has 1 amide bonds. The number of nitrogens with zero attached hydrogens (tertiary/aromatic N) is 2. The standard InChI is InChI=1S/C17H13N3O5S3/c1-26-13-6-2-11(3-7-13)16(21)19-17-18-10-15(27-17)28(24,25)14-8-4-12(5-9-14)20(22)23/h2-10H,1H3,(H,18,19,21). The van der Waals surface area contributed by atoms with Gasteiger partial charge in [-0.2, -0.15) is 0 Å². The fraction of sp³-hybridized carbons (Fsp3) is 0.0588. The molecule has 0 bridgehead atoms. The zero-order valence-corrected chi connectivity index (χ0v) is 16.8. The first kappa shape index (κ1) is 20.0. The van der Waals surface area contributed by atoms with Crippen molar-refractivity contribution in [1.82, 2.24) is 4.98 Å². The smallest absolute Gasteiger partial charge is 0.269 e. The van der Waals surface area contributed by atoms with E-state index in [4.69, 9.17) is 0 Å². The van der Waals surface area contributed by atoms with Gasteiger partial charge in [-0.25, -0.2) is 13.4 Å². The van der Waals surface area contributed by atoms with Crippen LogP contribution in [0.15, 0.2) is 68.7 Å². The average Bonchev–Trinajstić information content (AvgIpc) is 3.17. The number of nitrogens with one attached hydrogen (secondary N) is 1. The molecular weight excluding hydrogens is 422 g/mol. The molecule has 2 aromatic carbocycles. The number of sulfone groups is 1. The van der Waals surface area contributed by atoms with Gasteiger partial charge in [0.15, 0.2) is 5.13 Å². The van der Waals surface area contributed by atoms with Gasteiger partial charge < -0.3 is 0 Å². The molecule has 28 heavy (non-hydrogen) atoms. The monoisotopic (exact) mass is 435 g/mol. The highest BCUT2D eigenvalue weighted by Crippen LogP contribution is 2.29. The molecule has 0 unspecified atom stereocenters. The van der Waals surface area contributed by atoms with Crippen LogP contribution in [0.2, 0.25) is 0 Å². The van der Waals surface area contributed by atoms with Gasteiger partial charge in [0.05, 0.1) is 16.0 Å². The maximum Gasteiger partial charge on any atom is 0.269 e. The zero-order chi connectivity index (χ0) is 20.3. The number of carbonyl (C=O) groups is 1. The fourth-order valence-corrected chi connectivity index (χ4v) is 5.05. The number of thiazole rings is 1. The lowest BCUT2D eigenvalue weighted by Crippen LogP contribution is -2.11.